The van der Waals surface area contributed by atoms with Gasteiger partial charge in [-0.1, -0.05) is 194 Å². The molecular formula is C64H38N8. The van der Waals surface area contributed by atoms with Crippen molar-refractivity contribution in [2.75, 3.05) is 0 Å². The van der Waals surface area contributed by atoms with E-state index in [0.717, 1.165) is 55.6 Å². The summed E-state index contributed by atoms with van der Waals surface area (Å²) < 4.78 is 0. The molecule has 2 unspecified atom stereocenters. The summed E-state index contributed by atoms with van der Waals surface area (Å²) >= 11 is 0. The Morgan fingerprint density at radius 3 is 0.972 bits per heavy atom. The van der Waals surface area contributed by atoms with Crippen LogP contribution in [0, 0.1) is 17.9 Å². The fraction of sp³-hybridized carbons (Fsp3) is 0.0312. The fourth-order valence-electron chi connectivity index (χ4n) is 10.3. The third kappa shape index (κ3) is 7.48. The fourth-order valence-corrected chi connectivity index (χ4v) is 10.3. The molecular weight excluding hydrogens is 881 g/mol. The average Bonchev–Trinajstić information content (AvgIpc) is 3.47. The Balaban J connectivity index is 0.884. The number of hydrogen-bond donors (Lipinski definition) is 0. The smallest absolute Gasteiger partial charge is 0.187 e. The molecule has 0 radical (unpaired) electrons. The molecule has 0 spiro atoms. The largest absolute Gasteiger partial charge is 0.238 e. The van der Waals surface area contributed by atoms with E-state index in [2.05, 4.69) is 108 Å². The lowest BCUT2D eigenvalue weighted by Crippen LogP contribution is -2.27. The number of hydrogen-bond acceptors (Lipinski definition) is 7. The summed E-state index contributed by atoms with van der Waals surface area (Å²) in [7, 11) is 0. The van der Waals surface area contributed by atoms with Gasteiger partial charge in [0.1, 0.15) is 0 Å². The molecule has 2 bridgehead atoms. The summed E-state index contributed by atoms with van der Waals surface area (Å²) in [5.41, 5.74) is 18.4. The van der Waals surface area contributed by atoms with Gasteiger partial charge in [-0.05, 0) is 79.9 Å². The Kier molecular flexibility index (Phi) is 10.2. The van der Waals surface area contributed by atoms with Crippen LogP contribution in [0.2, 0.25) is 0 Å². The minimum atomic E-state index is -0.0141. The second kappa shape index (κ2) is 17.5. The highest BCUT2D eigenvalue weighted by molar-refractivity contribution is 5.77. The van der Waals surface area contributed by atoms with Crippen LogP contribution in [0.25, 0.3) is 95.4 Å². The van der Waals surface area contributed by atoms with Gasteiger partial charge in [-0.2, -0.15) is 5.26 Å². The van der Waals surface area contributed by atoms with Gasteiger partial charge in [0.05, 0.1) is 18.2 Å². The summed E-state index contributed by atoms with van der Waals surface area (Å²) in [4.78, 5) is 34.2. The van der Waals surface area contributed by atoms with Crippen molar-refractivity contribution in [2.45, 2.75) is 11.8 Å². The minimum Gasteiger partial charge on any atom is -0.238 e. The zero-order valence-corrected chi connectivity index (χ0v) is 38.5. The first-order chi connectivity index (χ1) is 35.5. The van der Waals surface area contributed by atoms with Gasteiger partial charge in [0.15, 0.2) is 40.6 Å². The Morgan fingerprint density at radius 1 is 0.306 bits per heavy atom. The van der Waals surface area contributed by atoms with E-state index in [9.17, 15) is 5.26 Å². The normalized spacial score (nSPS) is 13.8. The molecule has 72 heavy (non-hydrogen) atoms. The minimum absolute atomic E-state index is 0.0140. The maximum absolute atomic E-state index is 9.31. The summed E-state index contributed by atoms with van der Waals surface area (Å²) in [5.74, 6) is 3.57. The zero-order valence-electron chi connectivity index (χ0n) is 38.5. The monoisotopic (exact) mass is 918 g/mol. The van der Waals surface area contributed by atoms with Gasteiger partial charge in [-0.3, -0.25) is 0 Å². The van der Waals surface area contributed by atoms with Crippen LogP contribution in [0.4, 0.5) is 5.69 Å². The van der Waals surface area contributed by atoms with E-state index in [1.54, 1.807) is 0 Å². The van der Waals surface area contributed by atoms with Crippen LogP contribution in [-0.4, -0.2) is 29.9 Å². The summed E-state index contributed by atoms with van der Waals surface area (Å²) in [5, 5.41) is 9.31. The van der Waals surface area contributed by atoms with Crippen LogP contribution in [-0.2, 0) is 0 Å². The lowest BCUT2D eigenvalue weighted by molar-refractivity contribution is 0.754. The molecule has 2 atom stereocenters. The van der Waals surface area contributed by atoms with Crippen LogP contribution >= 0.6 is 0 Å². The van der Waals surface area contributed by atoms with Crippen LogP contribution in [0.3, 0.4) is 0 Å². The highest BCUT2D eigenvalue weighted by atomic mass is 15.0. The van der Waals surface area contributed by atoms with Gasteiger partial charge >= 0.3 is 0 Å². The van der Waals surface area contributed by atoms with Crippen molar-refractivity contribution in [1.29, 1.82) is 5.26 Å². The lowest BCUT2D eigenvalue weighted by atomic mass is 9.61. The second-order valence-corrected chi connectivity index (χ2v) is 18.0. The predicted molar refractivity (Wildman–Crippen MR) is 282 cm³/mol. The van der Waals surface area contributed by atoms with E-state index in [0.29, 0.717) is 46.2 Å². The van der Waals surface area contributed by atoms with Crippen LogP contribution in [0.15, 0.2) is 218 Å². The molecule has 0 fully saturated rings. The molecule has 3 aliphatic carbocycles. The highest BCUT2D eigenvalue weighted by Crippen LogP contribution is 2.56. The topological polar surface area (TPSA) is 105 Å². The van der Waals surface area contributed by atoms with Gasteiger partial charge < -0.3 is 0 Å². The van der Waals surface area contributed by atoms with Crippen molar-refractivity contribution in [3.05, 3.63) is 269 Å². The molecule has 11 aromatic rings. The quantitative estimate of drug-likeness (QED) is 0.140. The van der Waals surface area contributed by atoms with Crippen molar-refractivity contribution in [1.82, 2.24) is 29.9 Å². The molecule has 0 aliphatic heterocycles. The molecule has 9 aromatic carbocycles. The molecule has 0 amide bonds. The molecule has 0 N–H and O–H groups in total. The molecule has 2 heterocycles. The van der Waals surface area contributed by atoms with Gasteiger partial charge in [0.2, 0.25) is 0 Å². The molecule has 8 heteroatoms. The van der Waals surface area contributed by atoms with Crippen molar-refractivity contribution >= 4 is 5.69 Å². The maximum Gasteiger partial charge on any atom is 0.187 e. The van der Waals surface area contributed by atoms with E-state index >= 15 is 0 Å². The van der Waals surface area contributed by atoms with E-state index in [1.165, 1.54) is 33.4 Å². The Morgan fingerprint density at radius 2 is 0.597 bits per heavy atom. The molecule has 14 rings (SSSR count). The summed E-state index contributed by atoms with van der Waals surface area (Å²) in [6.07, 6.45) is 0. The Labute approximate surface area is 416 Å². The molecule has 8 nitrogen and oxygen atoms in total. The number of aromatic nitrogens is 6. The third-order valence-electron chi connectivity index (χ3n) is 13.9. The van der Waals surface area contributed by atoms with E-state index < -0.39 is 0 Å². The molecule has 0 saturated heterocycles. The standard InChI is InChI=1S/C64H38N8/c1-66-50-32-28-43(29-33-50)42-22-26-47(27-23-42)62-68-60(45-12-6-3-7-13-45)70-64(72-62)49-31-35-54-56(37-49)58-52-15-9-8-14-51(52)57(54)55-36-48(30-34-53(55)58)63-69-59(44-10-4-2-5-11-44)67-61(71-63)46-24-20-41(21-25-46)40-18-16-39(38-65)17-19-40/h2-37,57-58H. The van der Waals surface area contributed by atoms with Crippen molar-refractivity contribution in [2.24, 2.45) is 0 Å². The SMILES string of the molecule is [C-]#[N+]c1ccc(-c2ccc(-c3nc(-c4ccccc4)nc(-c4ccc5c(c4)C4c6ccccc6C5c5cc(-c6nc(-c7ccccc7)nc(-c7ccc(-c8ccc(C#N)cc8)cc7)n6)ccc54)n3)cc2)cc1. The van der Waals surface area contributed by atoms with Gasteiger partial charge in [-0.15, -0.1) is 0 Å². The van der Waals surface area contributed by atoms with Crippen LogP contribution in [0.1, 0.15) is 50.8 Å². The van der Waals surface area contributed by atoms with Crippen molar-refractivity contribution in [3.8, 4) is 96.7 Å². The maximum atomic E-state index is 9.31. The first-order valence-corrected chi connectivity index (χ1v) is 23.7. The van der Waals surface area contributed by atoms with Gasteiger partial charge in [0, 0.05) is 45.2 Å². The lowest BCUT2D eigenvalue weighted by Gasteiger charge is -2.42. The van der Waals surface area contributed by atoms with Gasteiger partial charge in [0.25, 0.3) is 0 Å². The van der Waals surface area contributed by atoms with E-state index in [-0.39, 0.29) is 11.8 Å². The Bertz CT molecular complexity index is 3710. The van der Waals surface area contributed by atoms with E-state index in [1.807, 2.05) is 121 Å². The second-order valence-electron chi connectivity index (χ2n) is 18.0. The molecule has 3 aliphatic rings. The Hall–Kier alpha value is -10.0. The third-order valence-corrected chi connectivity index (χ3v) is 13.9. The number of rotatable bonds is 8. The van der Waals surface area contributed by atoms with Crippen molar-refractivity contribution in [3.63, 3.8) is 0 Å². The number of nitrogens with zero attached hydrogens (tertiary/aromatic N) is 8. The molecule has 334 valence electrons. The van der Waals surface area contributed by atoms with E-state index in [4.69, 9.17) is 36.5 Å². The summed E-state index contributed by atoms with van der Waals surface area (Å²) in [6, 6.07) is 76.3. The number of benzene rings is 9. The highest BCUT2D eigenvalue weighted by Gasteiger charge is 2.41. The zero-order chi connectivity index (χ0) is 48.1. The molecule has 2 aromatic heterocycles. The predicted octanol–water partition coefficient (Wildman–Crippen LogP) is 14.8. The first-order valence-electron chi connectivity index (χ1n) is 23.7. The molecule has 0 saturated carbocycles. The van der Waals surface area contributed by atoms with Crippen LogP contribution in [0.5, 0.6) is 0 Å². The van der Waals surface area contributed by atoms with Crippen molar-refractivity contribution < 1.29 is 0 Å². The summed E-state index contributed by atoms with van der Waals surface area (Å²) in [6.45, 7) is 7.34. The van der Waals surface area contributed by atoms with Crippen LogP contribution < -0.4 is 0 Å². The number of nitriles is 1. The average molecular weight is 919 g/mol. The first kappa shape index (κ1) is 42.1. The van der Waals surface area contributed by atoms with Gasteiger partial charge in [-0.25, -0.2) is 34.7 Å².